The van der Waals surface area contributed by atoms with E-state index >= 15 is 0 Å². The van der Waals surface area contributed by atoms with Gasteiger partial charge in [0.15, 0.2) is 9.84 Å². The number of likely N-dealkylation sites (tertiary alicyclic amines) is 2. The monoisotopic (exact) mass is 332 g/mol. The van der Waals surface area contributed by atoms with E-state index in [0.29, 0.717) is 25.4 Å². The Morgan fingerprint density at radius 3 is 2.00 bits per heavy atom. The van der Waals surface area contributed by atoms with Gasteiger partial charge < -0.3 is 5.11 Å². The Morgan fingerprint density at radius 1 is 1.00 bits per heavy atom. The van der Waals surface area contributed by atoms with Crippen LogP contribution in [0.1, 0.15) is 41.0 Å². The molecule has 0 unspecified atom stereocenters. The van der Waals surface area contributed by atoms with Gasteiger partial charge in [-0.05, 0) is 41.0 Å². The van der Waals surface area contributed by atoms with Crippen molar-refractivity contribution in [1.82, 2.24) is 9.80 Å². The van der Waals surface area contributed by atoms with Gasteiger partial charge in [-0.25, -0.2) is 8.42 Å². The van der Waals surface area contributed by atoms with Crippen molar-refractivity contribution in [3.8, 4) is 0 Å². The molecule has 0 aromatic carbocycles. The lowest BCUT2D eigenvalue weighted by Gasteiger charge is -2.50. The van der Waals surface area contributed by atoms with E-state index in [2.05, 4.69) is 44.4 Å². The molecule has 0 aromatic heterocycles. The summed E-state index contributed by atoms with van der Waals surface area (Å²) in [7, 11) is -3.00. The van der Waals surface area contributed by atoms with Gasteiger partial charge in [0.1, 0.15) is 0 Å². The van der Waals surface area contributed by atoms with Crippen LogP contribution in [0.3, 0.4) is 0 Å². The highest BCUT2D eigenvalue weighted by Gasteiger charge is 2.43. The molecule has 2 heterocycles. The summed E-state index contributed by atoms with van der Waals surface area (Å²) in [5.74, 6) is 0.631. The number of aliphatic hydroxyl groups excluding tert-OH is 1. The van der Waals surface area contributed by atoms with E-state index in [4.69, 9.17) is 5.11 Å². The number of aliphatic hydroxyl groups is 1. The third-order valence-corrected chi connectivity index (χ3v) is 7.46. The standard InChI is InChI=1S/C16H32N2O3S/c1-15(2,3)17-10-14(11-17)22(20,21)7-6-16(4,5)18-8-13(9-18)12-19/h13-14,19H,6-12H2,1-5H3. The van der Waals surface area contributed by atoms with Crippen LogP contribution in [0.5, 0.6) is 0 Å². The van der Waals surface area contributed by atoms with Gasteiger partial charge in [0.2, 0.25) is 0 Å². The molecule has 130 valence electrons. The molecule has 0 bridgehead atoms. The lowest BCUT2D eigenvalue weighted by Crippen LogP contribution is -2.62. The van der Waals surface area contributed by atoms with Crippen LogP contribution in [0, 0.1) is 5.92 Å². The quantitative estimate of drug-likeness (QED) is 0.785. The Hall–Kier alpha value is -0.170. The summed E-state index contributed by atoms with van der Waals surface area (Å²) in [5.41, 5.74) is -0.0472. The van der Waals surface area contributed by atoms with Crippen molar-refractivity contribution in [2.24, 2.45) is 5.92 Å². The zero-order valence-corrected chi connectivity index (χ0v) is 15.5. The first kappa shape index (κ1) is 18.2. The molecule has 2 fully saturated rings. The normalized spacial score (nSPS) is 23.4. The minimum absolute atomic E-state index is 0.0578. The van der Waals surface area contributed by atoms with Gasteiger partial charge in [-0.1, -0.05) is 0 Å². The summed E-state index contributed by atoms with van der Waals surface area (Å²) in [5, 5.41) is 8.91. The highest BCUT2D eigenvalue weighted by Crippen LogP contribution is 2.30. The van der Waals surface area contributed by atoms with Crippen molar-refractivity contribution in [1.29, 1.82) is 0 Å². The molecule has 6 heteroatoms. The SMILES string of the molecule is CC(C)(C)N1CC(S(=O)(=O)CCC(C)(C)N2CC(CO)C2)C1. The second kappa shape index (κ2) is 6.04. The van der Waals surface area contributed by atoms with Crippen LogP contribution in [0.15, 0.2) is 0 Å². The highest BCUT2D eigenvalue weighted by molar-refractivity contribution is 7.92. The average Bonchev–Trinajstić information content (AvgIpc) is 2.20. The fourth-order valence-electron chi connectivity index (χ4n) is 3.11. The second-order valence-corrected chi connectivity index (χ2v) is 11.0. The second-order valence-electron chi connectivity index (χ2n) is 8.58. The van der Waals surface area contributed by atoms with Gasteiger partial charge in [0.25, 0.3) is 0 Å². The lowest BCUT2D eigenvalue weighted by atomic mass is 9.90. The molecule has 0 aromatic rings. The predicted octanol–water partition coefficient (Wildman–Crippen LogP) is 0.977. The molecule has 0 radical (unpaired) electrons. The van der Waals surface area contributed by atoms with Crippen molar-refractivity contribution >= 4 is 9.84 Å². The van der Waals surface area contributed by atoms with E-state index < -0.39 is 9.84 Å². The Balaban J connectivity index is 1.81. The van der Waals surface area contributed by atoms with Crippen LogP contribution < -0.4 is 0 Å². The van der Waals surface area contributed by atoms with Crippen molar-refractivity contribution in [3.63, 3.8) is 0 Å². The topological polar surface area (TPSA) is 60.9 Å². The lowest BCUT2D eigenvalue weighted by molar-refractivity contribution is -0.0203. The molecule has 2 saturated heterocycles. The number of nitrogens with zero attached hydrogens (tertiary/aromatic N) is 2. The molecule has 2 rings (SSSR count). The zero-order valence-electron chi connectivity index (χ0n) is 14.7. The molecule has 2 aliphatic heterocycles. The fraction of sp³-hybridized carbons (Fsp3) is 1.00. The molecule has 2 aliphatic rings. The molecule has 0 aliphatic carbocycles. The molecular weight excluding hydrogens is 300 g/mol. The summed E-state index contributed by atoms with van der Waals surface area (Å²) in [4.78, 5) is 4.51. The zero-order chi connectivity index (χ0) is 16.8. The van der Waals surface area contributed by atoms with Crippen molar-refractivity contribution in [3.05, 3.63) is 0 Å². The summed E-state index contributed by atoms with van der Waals surface area (Å²) in [6.07, 6.45) is 0.666. The Labute approximate surface area is 135 Å². The Kier molecular flexibility index (Phi) is 4.99. The van der Waals surface area contributed by atoms with Crippen molar-refractivity contribution in [2.75, 3.05) is 38.5 Å². The maximum absolute atomic E-state index is 12.5. The molecule has 5 nitrogen and oxygen atoms in total. The third kappa shape index (κ3) is 3.83. The van der Waals surface area contributed by atoms with Gasteiger partial charge >= 0.3 is 0 Å². The van der Waals surface area contributed by atoms with Crippen LogP contribution >= 0.6 is 0 Å². The van der Waals surface area contributed by atoms with Gasteiger partial charge in [0.05, 0.1) is 11.0 Å². The van der Waals surface area contributed by atoms with Crippen LogP contribution in [-0.2, 0) is 9.84 Å². The summed E-state index contributed by atoms with van der Waals surface area (Å²) in [6.45, 7) is 13.9. The van der Waals surface area contributed by atoms with E-state index in [1.54, 1.807) is 0 Å². The molecule has 0 saturated carbocycles. The number of sulfone groups is 1. The number of rotatable bonds is 6. The van der Waals surface area contributed by atoms with E-state index in [9.17, 15) is 8.42 Å². The Morgan fingerprint density at radius 2 is 1.55 bits per heavy atom. The smallest absolute Gasteiger partial charge is 0.155 e. The van der Waals surface area contributed by atoms with E-state index in [-0.39, 0.29) is 28.7 Å². The largest absolute Gasteiger partial charge is 0.396 e. The summed E-state index contributed by atoms with van der Waals surface area (Å²) in [6, 6.07) is 0. The Bertz CT molecular complexity index is 484. The molecule has 0 amide bonds. The average molecular weight is 333 g/mol. The van der Waals surface area contributed by atoms with Crippen LogP contribution in [0.4, 0.5) is 0 Å². The number of hydrogen-bond donors (Lipinski definition) is 1. The van der Waals surface area contributed by atoms with Gasteiger partial charge in [-0.2, -0.15) is 0 Å². The highest BCUT2D eigenvalue weighted by atomic mass is 32.2. The predicted molar refractivity (Wildman–Crippen MR) is 89.7 cm³/mol. The summed E-state index contributed by atoms with van der Waals surface area (Å²) >= 11 is 0. The maximum atomic E-state index is 12.5. The van der Waals surface area contributed by atoms with Crippen LogP contribution in [0.2, 0.25) is 0 Å². The number of hydrogen-bond acceptors (Lipinski definition) is 5. The first-order chi connectivity index (χ1) is 9.95. The van der Waals surface area contributed by atoms with E-state index in [1.807, 2.05) is 0 Å². The molecule has 0 atom stereocenters. The van der Waals surface area contributed by atoms with Gasteiger partial charge in [0, 0.05) is 49.8 Å². The molecular formula is C16H32N2O3S. The van der Waals surface area contributed by atoms with Crippen LogP contribution in [0.25, 0.3) is 0 Å². The third-order valence-electron chi connectivity index (χ3n) is 5.37. The summed E-state index contributed by atoms with van der Waals surface area (Å²) < 4.78 is 25.0. The van der Waals surface area contributed by atoms with Crippen molar-refractivity contribution in [2.45, 2.75) is 57.4 Å². The first-order valence-electron chi connectivity index (χ1n) is 8.28. The fourth-order valence-corrected chi connectivity index (χ4v) is 5.04. The van der Waals surface area contributed by atoms with Gasteiger partial charge in [-0.3, -0.25) is 9.80 Å². The molecule has 0 spiro atoms. The van der Waals surface area contributed by atoms with E-state index in [1.165, 1.54) is 0 Å². The minimum atomic E-state index is -3.00. The molecule has 22 heavy (non-hydrogen) atoms. The van der Waals surface area contributed by atoms with Crippen molar-refractivity contribution < 1.29 is 13.5 Å². The van der Waals surface area contributed by atoms with Gasteiger partial charge in [-0.15, -0.1) is 0 Å². The van der Waals surface area contributed by atoms with E-state index in [0.717, 1.165) is 13.1 Å². The first-order valence-corrected chi connectivity index (χ1v) is 10.00. The molecule has 1 N–H and O–H groups in total. The van der Waals surface area contributed by atoms with Crippen LogP contribution in [-0.4, -0.2) is 78.2 Å². The minimum Gasteiger partial charge on any atom is -0.396 e. The maximum Gasteiger partial charge on any atom is 0.155 e.